The summed E-state index contributed by atoms with van der Waals surface area (Å²) >= 11 is 5.99. The molecule has 29 heavy (non-hydrogen) atoms. The van der Waals surface area contributed by atoms with Crippen LogP contribution in [0.5, 0.6) is 5.75 Å². The molecule has 0 unspecified atom stereocenters. The van der Waals surface area contributed by atoms with E-state index >= 15 is 0 Å². The molecule has 0 saturated heterocycles. The fraction of sp³-hybridized carbons (Fsp3) is 0.381. The normalized spacial score (nSPS) is 15.0. The van der Waals surface area contributed by atoms with Gasteiger partial charge in [-0.15, -0.1) is 0 Å². The summed E-state index contributed by atoms with van der Waals surface area (Å²) in [7, 11) is -3.49. The Bertz CT molecular complexity index is 955. The van der Waals surface area contributed by atoms with E-state index in [9.17, 15) is 13.2 Å². The summed E-state index contributed by atoms with van der Waals surface area (Å²) in [6.07, 6.45) is 7.27. The highest BCUT2D eigenvalue weighted by molar-refractivity contribution is 7.92. The molecule has 0 aromatic heterocycles. The van der Waals surface area contributed by atoms with Crippen molar-refractivity contribution in [1.29, 1.82) is 0 Å². The molecule has 1 amide bonds. The standard InChI is InChI=1S/C21H25ClN2O4S/c1-29(26,27)24-20-13-16(9-12-19(20)22)21(25)23-14-15-7-10-18(11-8-15)28-17-5-3-2-4-6-17/h7-13,17,24H,2-6,14H2,1H3,(H,23,25). The minimum absolute atomic E-state index is 0.172. The second-order valence-electron chi connectivity index (χ2n) is 7.27. The molecular formula is C21H25ClN2O4S. The quantitative estimate of drug-likeness (QED) is 0.675. The number of benzene rings is 2. The summed E-state index contributed by atoms with van der Waals surface area (Å²) in [5, 5.41) is 3.05. The third kappa shape index (κ3) is 6.65. The first kappa shape index (κ1) is 21.5. The maximum Gasteiger partial charge on any atom is 0.251 e. The van der Waals surface area contributed by atoms with Gasteiger partial charge < -0.3 is 10.1 Å². The van der Waals surface area contributed by atoms with E-state index in [0.717, 1.165) is 30.4 Å². The second-order valence-corrected chi connectivity index (χ2v) is 9.43. The van der Waals surface area contributed by atoms with Crippen LogP contribution in [0.4, 0.5) is 5.69 Å². The number of ether oxygens (including phenoxy) is 1. The molecule has 0 heterocycles. The topological polar surface area (TPSA) is 84.5 Å². The lowest BCUT2D eigenvalue weighted by molar-refractivity contribution is 0.0951. The molecule has 6 nitrogen and oxygen atoms in total. The molecule has 3 rings (SSSR count). The molecule has 0 atom stereocenters. The first-order valence-corrected chi connectivity index (χ1v) is 11.9. The van der Waals surface area contributed by atoms with Crippen molar-refractivity contribution < 1.29 is 17.9 Å². The molecule has 0 spiro atoms. The number of hydrogen-bond acceptors (Lipinski definition) is 4. The van der Waals surface area contributed by atoms with E-state index in [4.69, 9.17) is 16.3 Å². The van der Waals surface area contributed by atoms with E-state index in [1.54, 1.807) is 6.07 Å². The van der Waals surface area contributed by atoms with E-state index < -0.39 is 10.0 Å². The van der Waals surface area contributed by atoms with Crippen molar-refractivity contribution >= 4 is 33.2 Å². The molecular weight excluding hydrogens is 412 g/mol. The van der Waals surface area contributed by atoms with Gasteiger partial charge in [0, 0.05) is 12.1 Å². The van der Waals surface area contributed by atoms with Crippen LogP contribution in [0.25, 0.3) is 0 Å². The Balaban J connectivity index is 1.57. The molecule has 2 aromatic carbocycles. The number of anilines is 1. The first-order valence-electron chi connectivity index (χ1n) is 9.61. The number of amides is 1. The number of rotatable bonds is 7. The average Bonchev–Trinajstić information content (AvgIpc) is 2.69. The fourth-order valence-electron chi connectivity index (χ4n) is 3.29. The van der Waals surface area contributed by atoms with Gasteiger partial charge in [0.15, 0.2) is 0 Å². The molecule has 1 saturated carbocycles. The monoisotopic (exact) mass is 436 g/mol. The summed E-state index contributed by atoms with van der Waals surface area (Å²) in [6, 6.07) is 12.2. The lowest BCUT2D eigenvalue weighted by atomic mass is 9.98. The molecule has 8 heteroatoms. The van der Waals surface area contributed by atoms with E-state index in [1.165, 1.54) is 31.4 Å². The van der Waals surface area contributed by atoms with E-state index in [2.05, 4.69) is 10.0 Å². The van der Waals surface area contributed by atoms with Gasteiger partial charge in [-0.3, -0.25) is 9.52 Å². The Hall–Kier alpha value is -2.25. The SMILES string of the molecule is CS(=O)(=O)Nc1cc(C(=O)NCc2ccc(OC3CCCCC3)cc2)ccc1Cl. The van der Waals surface area contributed by atoms with Crippen LogP contribution in [0.15, 0.2) is 42.5 Å². The summed E-state index contributed by atoms with van der Waals surface area (Å²) in [5.74, 6) is 0.530. The van der Waals surface area contributed by atoms with Crippen LogP contribution in [0.3, 0.4) is 0 Å². The van der Waals surface area contributed by atoms with Gasteiger partial charge in [0.05, 0.1) is 23.1 Å². The number of sulfonamides is 1. The van der Waals surface area contributed by atoms with Gasteiger partial charge in [-0.1, -0.05) is 30.2 Å². The van der Waals surface area contributed by atoms with Gasteiger partial charge in [-0.05, 0) is 61.6 Å². The largest absolute Gasteiger partial charge is 0.490 e. The fourth-order valence-corrected chi connectivity index (χ4v) is 4.08. The number of halogens is 1. The molecule has 1 fully saturated rings. The Morgan fingerprint density at radius 3 is 2.45 bits per heavy atom. The summed E-state index contributed by atoms with van der Waals surface area (Å²) in [5.41, 5.74) is 1.43. The van der Waals surface area contributed by atoms with Crippen LogP contribution in [0.1, 0.15) is 48.0 Å². The van der Waals surface area contributed by atoms with E-state index in [0.29, 0.717) is 18.2 Å². The van der Waals surface area contributed by atoms with Crippen LogP contribution in [0, 0.1) is 0 Å². The zero-order valence-corrected chi connectivity index (χ0v) is 17.9. The Morgan fingerprint density at radius 1 is 1.10 bits per heavy atom. The highest BCUT2D eigenvalue weighted by atomic mass is 35.5. The summed E-state index contributed by atoms with van der Waals surface area (Å²) in [4.78, 5) is 12.4. The first-order chi connectivity index (χ1) is 13.8. The predicted octanol–water partition coefficient (Wildman–Crippen LogP) is 4.35. The van der Waals surface area contributed by atoms with Crippen molar-refractivity contribution in [3.05, 3.63) is 58.6 Å². The smallest absolute Gasteiger partial charge is 0.251 e. The van der Waals surface area contributed by atoms with Gasteiger partial charge in [0.1, 0.15) is 5.75 Å². The van der Waals surface area contributed by atoms with Crippen molar-refractivity contribution in [2.45, 2.75) is 44.8 Å². The molecule has 1 aliphatic carbocycles. The van der Waals surface area contributed by atoms with Gasteiger partial charge in [0.25, 0.3) is 5.91 Å². The number of carbonyl (C=O) groups is 1. The molecule has 0 aliphatic heterocycles. The van der Waals surface area contributed by atoms with Crippen LogP contribution in [-0.4, -0.2) is 26.7 Å². The van der Waals surface area contributed by atoms with Crippen molar-refractivity contribution in [2.75, 3.05) is 11.0 Å². The molecule has 0 radical (unpaired) electrons. The minimum atomic E-state index is -3.49. The van der Waals surface area contributed by atoms with E-state index in [-0.39, 0.29) is 16.6 Å². The zero-order valence-electron chi connectivity index (χ0n) is 16.3. The maximum atomic E-state index is 12.4. The maximum absolute atomic E-state index is 12.4. The number of carbonyl (C=O) groups excluding carboxylic acids is 1. The predicted molar refractivity (Wildman–Crippen MR) is 115 cm³/mol. The lowest BCUT2D eigenvalue weighted by Crippen LogP contribution is -2.23. The number of nitrogens with one attached hydrogen (secondary N) is 2. The van der Waals surface area contributed by atoms with Gasteiger partial charge >= 0.3 is 0 Å². The molecule has 2 aromatic rings. The van der Waals surface area contributed by atoms with Crippen LogP contribution in [0.2, 0.25) is 5.02 Å². The minimum Gasteiger partial charge on any atom is -0.490 e. The summed E-state index contributed by atoms with van der Waals surface area (Å²) in [6.45, 7) is 0.347. The Morgan fingerprint density at radius 2 is 1.79 bits per heavy atom. The van der Waals surface area contributed by atoms with Crippen molar-refractivity contribution in [3.63, 3.8) is 0 Å². The van der Waals surface area contributed by atoms with Gasteiger partial charge in [-0.25, -0.2) is 8.42 Å². The van der Waals surface area contributed by atoms with Crippen LogP contribution in [-0.2, 0) is 16.6 Å². The molecule has 0 bridgehead atoms. The third-order valence-corrected chi connectivity index (χ3v) is 5.68. The van der Waals surface area contributed by atoms with E-state index in [1.807, 2.05) is 24.3 Å². The van der Waals surface area contributed by atoms with Gasteiger partial charge in [-0.2, -0.15) is 0 Å². The second kappa shape index (κ2) is 9.50. The Labute approximate surface area is 176 Å². The summed E-state index contributed by atoms with van der Waals surface area (Å²) < 4.78 is 31.2. The Kier molecular flexibility index (Phi) is 7.03. The van der Waals surface area contributed by atoms with Gasteiger partial charge in [0.2, 0.25) is 10.0 Å². The number of hydrogen-bond donors (Lipinski definition) is 2. The molecule has 1 aliphatic rings. The third-order valence-electron chi connectivity index (χ3n) is 4.76. The average molecular weight is 437 g/mol. The molecule has 2 N–H and O–H groups in total. The van der Waals surface area contributed by atoms with Crippen molar-refractivity contribution in [2.24, 2.45) is 0 Å². The van der Waals surface area contributed by atoms with Crippen molar-refractivity contribution in [1.82, 2.24) is 5.32 Å². The van der Waals surface area contributed by atoms with Crippen LogP contribution >= 0.6 is 11.6 Å². The zero-order chi connectivity index (χ0) is 20.9. The highest BCUT2D eigenvalue weighted by Crippen LogP contribution is 2.25. The highest BCUT2D eigenvalue weighted by Gasteiger charge is 2.15. The molecule has 156 valence electrons. The van der Waals surface area contributed by atoms with Crippen LogP contribution < -0.4 is 14.8 Å². The lowest BCUT2D eigenvalue weighted by Gasteiger charge is -2.23. The van der Waals surface area contributed by atoms with Crippen molar-refractivity contribution in [3.8, 4) is 5.75 Å².